The number of anilines is 1. The van der Waals surface area contributed by atoms with E-state index < -0.39 is 41.1 Å². The maximum Gasteiger partial charge on any atom is 0.336 e. The number of methoxy groups -OCH3 is 1. The van der Waals surface area contributed by atoms with E-state index in [1.165, 1.54) is 0 Å². The van der Waals surface area contributed by atoms with Crippen LogP contribution in [0.4, 0.5) is 5.69 Å². The minimum absolute atomic E-state index is 0.0443. The number of hydrogen-bond donors (Lipinski definition) is 1. The highest BCUT2D eigenvalue weighted by Crippen LogP contribution is 2.52. The number of hydrogen-bond acceptors (Lipinski definition) is 9. The Morgan fingerprint density at radius 3 is 2.33 bits per heavy atom. The van der Waals surface area contributed by atoms with Gasteiger partial charge in [-0.3, -0.25) is 0 Å². The summed E-state index contributed by atoms with van der Waals surface area (Å²) >= 11 is 0. The van der Waals surface area contributed by atoms with Crippen LogP contribution in [0.25, 0.3) is 0 Å². The zero-order valence-electron chi connectivity index (χ0n) is 23.7. The average molecular weight is 542 g/mol. The second-order valence-corrected chi connectivity index (χ2v) is 11.6. The summed E-state index contributed by atoms with van der Waals surface area (Å²) in [5, 5.41) is 3.51. The van der Waals surface area contributed by atoms with E-state index in [0.717, 1.165) is 0 Å². The summed E-state index contributed by atoms with van der Waals surface area (Å²) < 4.78 is 43.2. The summed E-state index contributed by atoms with van der Waals surface area (Å²) in [7, 11) is 1.61. The number of benzene rings is 2. The van der Waals surface area contributed by atoms with Crippen molar-refractivity contribution in [2.45, 2.75) is 95.3 Å². The highest BCUT2D eigenvalue weighted by molar-refractivity contribution is 5.86. The smallest absolute Gasteiger partial charge is 0.336 e. The average Bonchev–Trinajstić information content (AvgIpc) is 3.34. The van der Waals surface area contributed by atoms with Crippen molar-refractivity contribution in [2.24, 2.45) is 0 Å². The standard InChI is InChI=1S/C30H39NO8/c1-19(2)35-26(32)29(20-11-9-8-10-12-20,31-21-13-15-22(33-7)16-14-21)18-30-25(38-28(5,6)39-30)24-23(17-34-30)36-27(3,4)37-24/h8-16,19,23-25,31H,17-18H2,1-7H3/t23-,24-,25+,29+,30+/m1/s1. The van der Waals surface area contributed by atoms with Crippen molar-refractivity contribution >= 4 is 11.7 Å². The number of carbonyl (C=O) groups excluding carboxylic acids is 1. The van der Waals surface area contributed by atoms with Gasteiger partial charge >= 0.3 is 5.97 Å². The van der Waals surface area contributed by atoms with Gasteiger partial charge in [0.25, 0.3) is 0 Å². The van der Waals surface area contributed by atoms with E-state index in [1.807, 2.05) is 96.1 Å². The van der Waals surface area contributed by atoms with Crippen molar-refractivity contribution in [3.63, 3.8) is 0 Å². The Labute approximate surface area is 230 Å². The minimum Gasteiger partial charge on any atom is -0.497 e. The molecule has 39 heavy (non-hydrogen) atoms. The molecule has 2 aromatic carbocycles. The molecule has 9 heteroatoms. The van der Waals surface area contributed by atoms with E-state index >= 15 is 0 Å². The lowest BCUT2D eigenvalue weighted by molar-refractivity contribution is -0.289. The fraction of sp³-hybridized carbons (Fsp3) is 0.567. The Morgan fingerprint density at radius 1 is 1.00 bits per heavy atom. The molecular formula is C30H39NO8. The van der Waals surface area contributed by atoms with Gasteiger partial charge in [-0.05, 0) is 71.4 Å². The molecule has 3 fully saturated rings. The molecule has 212 valence electrons. The number of ether oxygens (including phenoxy) is 7. The van der Waals surface area contributed by atoms with E-state index in [1.54, 1.807) is 7.11 Å². The SMILES string of the molecule is COc1ccc(N[C@](C[C@@]23OC[C@H]4OC(C)(C)O[C@H]4[C@@H]2OC(C)(C)O3)(C(=O)OC(C)C)c2ccccc2)cc1. The number of fused-ring (bicyclic) bond motifs is 3. The molecule has 0 unspecified atom stereocenters. The van der Waals surface area contributed by atoms with Gasteiger partial charge in [-0.15, -0.1) is 0 Å². The summed E-state index contributed by atoms with van der Waals surface area (Å²) in [6, 6.07) is 16.9. The first-order valence-corrected chi connectivity index (χ1v) is 13.4. The van der Waals surface area contributed by atoms with E-state index in [9.17, 15) is 4.79 Å². The van der Waals surface area contributed by atoms with Crippen molar-refractivity contribution < 1.29 is 38.0 Å². The molecule has 0 spiro atoms. The molecule has 3 heterocycles. The van der Waals surface area contributed by atoms with Gasteiger partial charge in [0.15, 0.2) is 17.1 Å². The Morgan fingerprint density at radius 2 is 1.69 bits per heavy atom. The van der Waals surface area contributed by atoms with Crippen molar-refractivity contribution in [2.75, 3.05) is 19.0 Å². The third-order valence-corrected chi connectivity index (χ3v) is 7.19. The van der Waals surface area contributed by atoms with Gasteiger partial charge in [0.05, 0.1) is 19.8 Å². The fourth-order valence-electron chi connectivity index (χ4n) is 5.77. The predicted octanol–water partition coefficient (Wildman–Crippen LogP) is 4.74. The van der Waals surface area contributed by atoms with Crippen LogP contribution < -0.4 is 10.1 Å². The lowest BCUT2D eigenvalue weighted by Gasteiger charge is -2.46. The maximum atomic E-state index is 14.2. The van der Waals surface area contributed by atoms with Gasteiger partial charge in [0, 0.05) is 12.1 Å². The summed E-state index contributed by atoms with van der Waals surface area (Å²) in [6.45, 7) is 11.3. The number of nitrogens with one attached hydrogen (secondary N) is 1. The third-order valence-electron chi connectivity index (χ3n) is 7.19. The van der Waals surface area contributed by atoms with Crippen molar-refractivity contribution in [3.8, 4) is 5.75 Å². The van der Waals surface area contributed by atoms with Gasteiger partial charge in [0.2, 0.25) is 5.79 Å². The number of carbonyl (C=O) groups is 1. The molecule has 3 saturated heterocycles. The molecule has 0 radical (unpaired) electrons. The normalized spacial score (nSPS) is 30.2. The highest BCUT2D eigenvalue weighted by atomic mass is 16.9. The second-order valence-electron chi connectivity index (χ2n) is 11.6. The van der Waals surface area contributed by atoms with Crippen LogP contribution in [-0.2, 0) is 38.8 Å². The molecule has 0 saturated carbocycles. The number of rotatable bonds is 8. The van der Waals surface area contributed by atoms with Gasteiger partial charge in [0.1, 0.15) is 24.1 Å². The maximum absolute atomic E-state index is 14.2. The zero-order chi connectivity index (χ0) is 28.1. The van der Waals surface area contributed by atoms with E-state index in [4.69, 9.17) is 33.2 Å². The molecule has 0 aliphatic carbocycles. The Hall–Kier alpha value is -2.69. The zero-order valence-corrected chi connectivity index (χ0v) is 23.7. The van der Waals surface area contributed by atoms with Crippen LogP contribution in [-0.4, -0.2) is 61.5 Å². The molecule has 9 nitrogen and oxygen atoms in total. The van der Waals surface area contributed by atoms with Crippen LogP contribution in [0.2, 0.25) is 0 Å². The first kappa shape index (κ1) is 27.9. The van der Waals surface area contributed by atoms with Gasteiger partial charge in [-0.25, -0.2) is 4.79 Å². The largest absolute Gasteiger partial charge is 0.497 e. The van der Waals surface area contributed by atoms with Crippen LogP contribution in [0.1, 0.15) is 53.5 Å². The van der Waals surface area contributed by atoms with Crippen LogP contribution in [0.5, 0.6) is 5.75 Å². The Kier molecular flexibility index (Phi) is 7.18. The molecule has 3 aliphatic rings. The molecule has 5 rings (SSSR count). The first-order valence-electron chi connectivity index (χ1n) is 13.4. The molecule has 1 N–H and O–H groups in total. The molecule has 0 aromatic heterocycles. The minimum atomic E-state index is -1.41. The van der Waals surface area contributed by atoms with Gasteiger partial charge in [-0.1, -0.05) is 30.3 Å². The fourth-order valence-corrected chi connectivity index (χ4v) is 5.77. The van der Waals surface area contributed by atoms with E-state index in [-0.39, 0.29) is 25.2 Å². The van der Waals surface area contributed by atoms with Crippen LogP contribution >= 0.6 is 0 Å². The van der Waals surface area contributed by atoms with E-state index in [0.29, 0.717) is 17.0 Å². The highest BCUT2D eigenvalue weighted by Gasteiger charge is 2.68. The van der Waals surface area contributed by atoms with Crippen LogP contribution in [0.15, 0.2) is 54.6 Å². The lowest BCUT2D eigenvalue weighted by atomic mass is 9.79. The molecule has 2 aromatic rings. The molecule has 0 bridgehead atoms. The molecular weight excluding hydrogens is 502 g/mol. The Balaban J connectivity index is 1.63. The summed E-state index contributed by atoms with van der Waals surface area (Å²) in [5.74, 6) is -2.92. The topological polar surface area (TPSA) is 93.7 Å². The van der Waals surface area contributed by atoms with Crippen LogP contribution in [0.3, 0.4) is 0 Å². The third kappa shape index (κ3) is 5.38. The van der Waals surface area contributed by atoms with Crippen molar-refractivity contribution in [3.05, 3.63) is 60.2 Å². The molecule has 5 atom stereocenters. The first-order chi connectivity index (χ1) is 18.4. The van der Waals surface area contributed by atoms with E-state index in [2.05, 4.69) is 5.32 Å². The van der Waals surface area contributed by atoms with Crippen LogP contribution in [0, 0.1) is 0 Å². The molecule has 3 aliphatic heterocycles. The Bertz CT molecular complexity index is 1170. The van der Waals surface area contributed by atoms with Gasteiger partial charge in [-0.2, -0.15) is 0 Å². The quantitative estimate of drug-likeness (QED) is 0.476. The van der Waals surface area contributed by atoms with Gasteiger partial charge < -0.3 is 38.5 Å². The monoisotopic (exact) mass is 541 g/mol. The lowest BCUT2D eigenvalue weighted by Crippen LogP contribution is -2.62. The van der Waals surface area contributed by atoms with Crippen molar-refractivity contribution in [1.82, 2.24) is 0 Å². The predicted molar refractivity (Wildman–Crippen MR) is 143 cm³/mol. The summed E-state index contributed by atoms with van der Waals surface area (Å²) in [5.41, 5.74) is -0.0199. The number of esters is 1. The second kappa shape index (κ2) is 10.1. The summed E-state index contributed by atoms with van der Waals surface area (Å²) in [4.78, 5) is 14.2. The molecule has 0 amide bonds. The van der Waals surface area contributed by atoms with Crippen molar-refractivity contribution in [1.29, 1.82) is 0 Å². The summed E-state index contributed by atoms with van der Waals surface area (Å²) in [6.07, 6.45) is -1.76.